The number of amides is 1. The minimum atomic E-state index is -0.387. The molecule has 7 heteroatoms. The van der Waals surface area contributed by atoms with Gasteiger partial charge in [-0.3, -0.25) is 9.59 Å². The summed E-state index contributed by atoms with van der Waals surface area (Å²) < 4.78 is 22.2. The van der Waals surface area contributed by atoms with Gasteiger partial charge in [-0.25, -0.2) is 0 Å². The van der Waals surface area contributed by atoms with Crippen LogP contribution in [-0.4, -0.2) is 19.6 Å². The molecule has 0 aliphatic carbocycles. The molecule has 1 amide bonds. The summed E-state index contributed by atoms with van der Waals surface area (Å²) in [7, 11) is 1.58. The van der Waals surface area contributed by atoms with Crippen LogP contribution in [0.4, 0.5) is 0 Å². The van der Waals surface area contributed by atoms with Gasteiger partial charge in [-0.05, 0) is 73.5 Å². The van der Waals surface area contributed by atoms with Gasteiger partial charge in [0.25, 0.3) is 5.91 Å². The van der Waals surface area contributed by atoms with Crippen LogP contribution in [0, 0.1) is 13.8 Å². The van der Waals surface area contributed by atoms with Crippen molar-refractivity contribution in [3.63, 3.8) is 0 Å². The van der Waals surface area contributed by atoms with Crippen LogP contribution in [0.5, 0.6) is 11.5 Å². The van der Waals surface area contributed by atoms with E-state index < -0.39 is 0 Å². The third kappa shape index (κ3) is 4.37. The number of hydrogen-bond acceptors (Lipinski definition) is 6. The molecule has 0 bridgehead atoms. The summed E-state index contributed by atoms with van der Waals surface area (Å²) in [5.74, 6) is 1.14. The fourth-order valence-corrected chi connectivity index (χ4v) is 3.28. The number of benzene rings is 2. The first-order valence-corrected chi connectivity index (χ1v) is 10.1. The maximum absolute atomic E-state index is 13.3. The van der Waals surface area contributed by atoms with Gasteiger partial charge in [-0.15, -0.1) is 0 Å². The van der Waals surface area contributed by atoms with E-state index in [0.717, 1.165) is 11.1 Å². The summed E-state index contributed by atoms with van der Waals surface area (Å²) in [6.07, 6.45) is 1.53. The molecule has 4 rings (SSSR count). The number of ether oxygens (including phenoxy) is 2. The maximum Gasteiger partial charge on any atom is 0.258 e. The molecule has 164 valence electrons. The molecule has 0 fully saturated rings. The molecular formula is C25H23NO6. The minimum absolute atomic E-state index is 0.0148. The van der Waals surface area contributed by atoms with Crippen LogP contribution < -0.4 is 20.2 Å². The highest BCUT2D eigenvalue weighted by atomic mass is 16.5. The molecule has 7 nitrogen and oxygen atoms in total. The molecule has 1 N–H and O–H groups in total. The van der Waals surface area contributed by atoms with E-state index in [1.54, 1.807) is 49.6 Å². The number of methoxy groups -OCH3 is 1. The van der Waals surface area contributed by atoms with Crippen LogP contribution in [0.25, 0.3) is 22.3 Å². The SMILES string of the molecule is COc1ccc(-c2oc3cc(C)c(C)cc3c(=O)c2OCC(=O)NCc2ccco2)cc1. The molecule has 0 atom stereocenters. The van der Waals surface area contributed by atoms with Crippen molar-refractivity contribution in [2.45, 2.75) is 20.4 Å². The van der Waals surface area contributed by atoms with Crippen LogP contribution in [0.15, 0.2) is 68.4 Å². The second-order valence-corrected chi connectivity index (χ2v) is 7.40. The summed E-state index contributed by atoms with van der Waals surface area (Å²) in [5.41, 5.74) is 2.73. The highest BCUT2D eigenvalue weighted by Gasteiger charge is 2.20. The Morgan fingerprint density at radius 1 is 1.06 bits per heavy atom. The molecule has 0 saturated carbocycles. The highest BCUT2D eigenvalue weighted by Crippen LogP contribution is 2.32. The highest BCUT2D eigenvalue weighted by molar-refractivity contribution is 5.84. The zero-order valence-corrected chi connectivity index (χ0v) is 18.1. The van der Waals surface area contributed by atoms with Gasteiger partial charge in [0.1, 0.15) is 17.1 Å². The maximum atomic E-state index is 13.3. The number of nitrogens with one attached hydrogen (secondary N) is 1. The lowest BCUT2D eigenvalue weighted by Gasteiger charge is -2.13. The molecule has 0 unspecified atom stereocenters. The van der Waals surface area contributed by atoms with Gasteiger partial charge < -0.3 is 23.6 Å². The number of carbonyl (C=O) groups excluding carboxylic acids is 1. The Bertz CT molecular complexity index is 1300. The summed E-state index contributed by atoms with van der Waals surface area (Å²) in [6, 6.07) is 14.2. The second-order valence-electron chi connectivity index (χ2n) is 7.40. The van der Waals surface area contributed by atoms with E-state index in [1.165, 1.54) is 6.26 Å². The first-order chi connectivity index (χ1) is 15.5. The Morgan fingerprint density at radius 2 is 1.81 bits per heavy atom. The lowest BCUT2D eigenvalue weighted by atomic mass is 10.0. The molecule has 2 heterocycles. The quantitative estimate of drug-likeness (QED) is 0.465. The van der Waals surface area contributed by atoms with E-state index in [0.29, 0.717) is 28.0 Å². The van der Waals surface area contributed by atoms with Crippen LogP contribution in [0.1, 0.15) is 16.9 Å². The van der Waals surface area contributed by atoms with Crippen LogP contribution in [-0.2, 0) is 11.3 Å². The number of fused-ring (bicyclic) bond motifs is 1. The molecule has 0 saturated heterocycles. The molecule has 0 radical (unpaired) electrons. The molecule has 0 spiro atoms. The first kappa shape index (κ1) is 21.2. The van der Waals surface area contributed by atoms with Gasteiger partial charge in [0.05, 0.1) is 25.3 Å². The van der Waals surface area contributed by atoms with E-state index in [-0.39, 0.29) is 36.0 Å². The normalized spacial score (nSPS) is 10.8. The average Bonchev–Trinajstić information content (AvgIpc) is 3.32. The van der Waals surface area contributed by atoms with Crippen LogP contribution in [0.2, 0.25) is 0 Å². The van der Waals surface area contributed by atoms with Crippen molar-refractivity contribution < 1.29 is 23.1 Å². The lowest BCUT2D eigenvalue weighted by Crippen LogP contribution is -2.29. The zero-order chi connectivity index (χ0) is 22.7. The smallest absolute Gasteiger partial charge is 0.258 e. The van der Waals surface area contributed by atoms with Crippen molar-refractivity contribution in [2.75, 3.05) is 13.7 Å². The minimum Gasteiger partial charge on any atom is -0.497 e. The Balaban J connectivity index is 1.69. The molecule has 32 heavy (non-hydrogen) atoms. The van der Waals surface area contributed by atoms with Gasteiger partial charge in [-0.2, -0.15) is 0 Å². The zero-order valence-electron chi connectivity index (χ0n) is 18.1. The fourth-order valence-electron chi connectivity index (χ4n) is 3.28. The van der Waals surface area contributed by atoms with Crippen molar-refractivity contribution in [3.8, 4) is 22.8 Å². The first-order valence-electron chi connectivity index (χ1n) is 10.1. The number of aryl methyl sites for hydroxylation is 2. The molecular weight excluding hydrogens is 410 g/mol. The molecule has 0 aliphatic rings. The van der Waals surface area contributed by atoms with Gasteiger partial charge in [0, 0.05) is 5.56 Å². The van der Waals surface area contributed by atoms with Crippen LogP contribution >= 0.6 is 0 Å². The van der Waals surface area contributed by atoms with E-state index in [1.807, 2.05) is 19.9 Å². The molecule has 0 aliphatic heterocycles. The van der Waals surface area contributed by atoms with Crippen molar-refractivity contribution in [1.82, 2.24) is 5.32 Å². The summed E-state index contributed by atoms with van der Waals surface area (Å²) >= 11 is 0. The standard InChI is InChI=1S/C25H23NO6/c1-15-11-20-21(12-16(15)2)32-24(17-6-8-18(29-3)9-7-17)25(23(20)28)31-14-22(27)26-13-19-5-4-10-30-19/h4-12H,13-14H2,1-3H3,(H,26,27). The molecule has 2 aromatic heterocycles. The average molecular weight is 433 g/mol. The Kier molecular flexibility index (Phi) is 5.98. The third-order valence-electron chi connectivity index (χ3n) is 5.20. The predicted molar refractivity (Wildman–Crippen MR) is 120 cm³/mol. The third-order valence-corrected chi connectivity index (χ3v) is 5.20. The Labute approximate surface area is 184 Å². The van der Waals surface area contributed by atoms with E-state index in [4.69, 9.17) is 18.3 Å². The molecule has 2 aromatic carbocycles. The van der Waals surface area contributed by atoms with E-state index >= 15 is 0 Å². The van der Waals surface area contributed by atoms with Gasteiger partial charge >= 0.3 is 0 Å². The fraction of sp³-hybridized carbons (Fsp3) is 0.200. The van der Waals surface area contributed by atoms with Crippen molar-refractivity contribution in [1.29, 1.82) is 0 Å². The Hall–Kier alpha value is -4.00. The van der Waals surface area contributed by atoms with Gasteiger partial charge in [-0.1, -0.05) is 0 Å². The second kappa shape index (κ2) is 9.01. The van der Waals surface area contributed by atoms with Crippen molar-refractivity contribution in [3.05, 3.63) is 81.9 Å². The summed E-state index contributed by atoms with van der Waals surface area (Å²) in [4.78, 5) is 25.6. The van der Waals surface area contributed by atoms with Crippen LogP contribution in [0.3, 0.4) is 0 Å². The summed E-state index contributed by atoms with van der Waals surface area (Å²) in [6.45, 7) is 3.76. The van der Waals surface area contributed by atoms with Crippen molar-refractivity contribution in [2.24, 2.45) is 0 Å². The van der Waals surface area contributed by atoms with E-state index in [2.05, 4.69) is 5.32 Å². The topological polar surface area (TPSA) is 90.9 Å². The number of rotatable bonds is 7. The lowest BCUT2D eigenvalue weighted by molar-refractivity contribution is -0.123. The van der Waals surface area contributed by atoms with E-state index in [9.17, 15) is 9.59 Å². The van der Waals surface area contributed by atoms with Gasteiger partial charge in [0.2, 0.25) is 11.2 Å². The molecule has 4 aromatic rings. The summed E-state index contributed by atoms with van der Waals surface area (Å²) in [5, 5.41) is 3.10. The Morgan fingerprint density at radius 3 is 2.50 bits per heavy atom. The van der Waals surface area contributed by atoms with Crippen molar-refractivity contribution >= 4 is 16.9 Å². The number of hydrogen-bond donors (Lipinski definition) is 1. The number of furan rings is 1. The number of carbonyl (C=O) groups is 1. The monoisotopic (exact) mass is 433 g/mol. The van der Waals surface area contributed by atoms with Gasteiger partial charge in [0.15, 0.2) is 12.4 Å². The largest absolute Gasteiger partial charge is 0.497 e. The predicted octanol–water partition coefficient (Wildman–Crippen LogP) is 4.37.